The first-order chi connectivity index (χ1) is 9.85. The van der Waals surface area contributed by atoms with Crippen molar-refractivity contribution in [2.24, 2.45) is 7.05 Å². The van der Waals surface area contributed by atoms with Gasteiger partial charge in [-0.25, -0.2) is 13.1 Å². The van der Waals surface area contributed by atoms with Crippen LogP contribution in [0.15, 0.2) is 29.2 Å². The van der Waals surface area contributed by atoms with Crippen molar-refractivity contribution in [1.29, 1.82) is 0 Å². The van der Waals surface area contributed by atoms with Crippen LogP contribution in [0.3, 0.4) is 0 Å². The number of hydrogen-bond acceptors (Lipinski definition) is 4. The monoisotopic (exact) mass is 329 g/mol. The number of nitrogens with one attached hydrogen (secondary N) is 1. The highest BCUT2D eigenvalue weighted by Gasteiger charge is 2.24. The normalized spacial score (nSPS) is 11.6. The number of rotatable bonds is 5. The Hall–Kier alpha value is -1.57. The Morgan fingerprint density at radius 2 is 1.95 bits per heavy atom. The minimum Gasteiger partial charge on any atom is -0.497 e. The van der Waals surface area contributed by atoms with E-state index in [2.05, 4.69) is 9.82 Å². The topological polar surface area (TPSA) is 73.2 Å². The van der Waals surface area contributed by atoms with Crippen LogP contribution in [-0.2, 0) is 23.6 Å². The fraction of sp³-hybridized carbons (Fsp3) is 0.308. The Morgan fingerprint density at radius 1 is 1.33 bits per heavy atom. The lowest BCUT2D eigenvalue weighted by molar-refractivity contribution is 0.414. The van der Waals surface area contributed by atoms with Gasteiger partial charge in [-0.3, -0.25) is 4.68 Å². The number of aromatic nitrogens is 2. The molecule has 0 fully saturated rings. The summed E-state index contributed by atoms with van der Waals surface area (Å²) in [6.45, 7) is 1.77. The van der Waals surface area contributed by atoms with Gasteiger partial charge in [0.05, 0.1) is 12.8 Å². The summed E-state index contributed by atoms with van der Waals surface area (Å²) in [6.07, 6.45) is 0. The maximum atomic E-state index is 12.3. The van der Waals surface area contributed by atoms with E-state index in [1.807, 2.05) is 0 Å². The lowest BCUT2D eigenvalue weighted by Gasteiger charge is -2.07. The van der Waals surface area contributed by atoms with E-state index >= 15 is 0 Å². The van der Waals surface area contributed by atoms with Gasteiger partial charge in [-0.15, -0.1) is 0 Å². The van der Waals surface area contributed by atoms with Crippen LogP contribution in [0.2, 0.25) is 5.15 Å². The summed E-state index contributed by atoms with van der Waals surface area (Å²) < 4.78 is 33.5. The fourth-order valence-corrected chi connectivity index (χ4v) is 3.67. The van der Waals surface area contributed by atoms with E-state index in [0.29, 0.717) is 11.4 Å². The Morgan fingerprint density at radius 3 is 2.43 bits per heavy atom. The van der Waals surface area contributed by atoms with E-state index in [9.17, 15) is 8.42 Å². The Kier molecular flexibility index (Phi) is 4.55. The molecule has 114 valence electrons. The number of sulfonamides is 1. The van der Waals surface area contributed by atoms with Crippen molar-refractivity contribution in [3.05, 3.63) is 40.7 Å². The van der Waals surface area contributed by atoms with Crippen LogP contribution in [-0.4, -0.2) is 25.3 Å². The zero-order valence-corrected chi connectivity index (χ0v) is 13.5. The van der Waals surface area contributed by atoms with E-state index in [1.165, 1.54) is 4.68 Å². The average molecular weight is 330 g/mol. The third kappa shape index (κ3) is 3.37. The van der Waals surface area contributed by atoms with Gasteiger partial charge in [0.2, 0.25) is 10.0 Å². The molecular formula is C13H16ClN3O3S. The second-order valence-corrected chi connectivity index (χ2v) is 6.56. The van der Waals surface area contributed by atoms with Crippen LogP contribution >= 0.6 is 11.6 Å². The molecule has 2 rings (SSSR count). The van der Waals surface area contributed by atoms with Gasteiger partial charge in [0.15, 0.2) is 0 Å². The van der Waals surface area contributed by atoms with Gasteiger partial charge in [-0.1, -0.05) is 23.7 Å². The summed E-state index contributed by atoms with van der Waals surface area (Å²) in [5.41, 5.74) is 1.18. The first-order valence-electron chi connectivity index (χ1n) is 6.17. The summed E-state index contributed by atoms with van der Waals surface area (Å²) in [5.74, 6) is 0.716. The van der Waals surface area contributed by atoms with E-state index in [4.69, 9.17) is 16.3 Å². The molecule has 0 aliphatic rings. The number of methoxy groups -OCH3 is 1. The van der Waals surface area contributed by atoms with Crippen molar-refractivity contribution >= 4 is 21.6 Å². The Balaban J connectivity index is 2.17. The summed E-state index contributed by atoms with van der Waals surface area (Å²) in [5, 5.41) is 4.10. The molecule has 0 spiro atoms. The Bertz CT molecular complexity index is 739. The first kappa shape index (κ1) is 15.8. The van der Waals surface area contributed by atoms with E-state index < -0.39 is 10.0 Å². The van der Waals surface area contributed by atoms with Gasteiger partial charge >= 0.3 is 0 Å². The van der Waals surface area contributed by atoms with Crippen LogP contribution in [0.5, 0.6) is 5.75 Å². The maximum Gasteiger partial charge on any atom is 0.245 e. The first-order valence-corrected chi connectivity index (χ1v) is 8.03. The van der Waals surface area contributed by atoms with Crippen molar-refractivity contribution < 1.29 is 13.2 Å². The fourth-order valence-electron chi connectivity index (χ4n) is 1.91. The zero-order valence-electron chi connectivity index (χ0n) is 11.9. The van der Waals surface area contributed by atoms with Gasteiger partial charge in [0.25, 0.3) is 0 Å². The highest BCUT2D eigenvalue weighted by atomic mass is 35.5. The van der Waals surface area contributed by atoms with Gasteiger partial charge < -0.3 is 4.74 Å². The summed E-state index contributed by atoms with van der Waals surface area (Å²) >= 11 is 5.98. The molecule has 21 heavy (non-hydrogen) atoms. The molecule has 1 heterocycles. The van der Waals surface area contributed by atoms with Crippen LogP contribution in [0.4, 0.5) is 0 Å². The number of ether oxygens (including phenoxy) is 1. The Labute approximate surface area is 128 Å². The molecule has 1 N–H and O–H groups in total. The SMILES string of the molecule is COc1ccc(CNS(=O)(=O)c2c(C)nn(C)c2Cl)cc1. The summed E-state index contributed by atoms with van der Waals surface area (Å²) in [4.78, 5) is 0.0141. The number of nitrogens with zero attached hydrogens (tertiary/aromatic N) is 2. The second-order valence-electron chi connectivity index (χ2n) is 4.50. The molecule has 0 atom stereocenters. The highest BCUT2D eigenvalue weighted by Crippen LogP contribution is 2.24. The molecular weight excluding hydrogens is 314 g/mol. The molecule has 1 aromatic heterocycles. The molecule has 0 saturated heterocycles. The van der Waals surface area contributed by atoms with Crippen molar-refractivity contribution in [1.82, 2.24) is 14.5 Å². The minimum atomic E-state index is -3.71. The van der Waals surface area contributed by atoms with Crippen LogP contribution in [0.25, 0.3) is 0 Å². The molecule has 2 aromatic rings. The molecule has 1 aromatic carbocycles. The number of aryl methyl sites for hydroxylation is 2. The van der Waals surface area contributed by atoms with Crippen molar-refractivity contribution in [2.45, 2.75) is 18.4 Å². The number of benzene rings is 1. The minimum absolute atomic E-state index is 0.0141. The molecule has 0 radical (unpaired) electrons. The quantitative estimate of drug-likeness (QED) is 0.908. The van der Waals surface area contributed by atoms with E-state index in [-0.39, 0.29) is 16.6 Å². The largest absolute Gasteiger partial charge is 0.497 e. The smallest absolute Gasteiger partial charge is 0.245 e. The lowest BCUT2D eigenvalue weighted by atomic mass is 10.2. The second kappa shape index (κ2) is 6.05. The number of hydrogen-bond donors (Lipinski definition) is 1. The standard InChI is InChI=1S/C13H16ClN3O3S/c1-9-12(13(14)17(2)16-9)21(18,19)15-8-10-4-6-11(20-3)7-5-10/h4-7,15H,8H2,1-3H3. The average Bonchev–Trinajstić information content (AvgIpc) is 2.71. The lowest BCUT2D eigenvalue weighted by Crippen LogP contribution is -2.23. The summed E-state index contributed by atoms with van der Waals surface area (Å²) in [6, 6.07) is 7.12. The molecule has 0 aliphatic heterocycles. The van der Waals surface area contributed by atoms with Crippen LogP contribution < -0.4 is 9.46 Å². The molecule has 0 aliphatic carbocycles. The number of halogens is 1. The van der Waals surface area contributed by atoms with Gasteiger partial charge in [-0.2, -0.15) is 5.10 Å². The van der Waals surface area contributed by atoms with Crippen molar-refractivity contribution in [3.63, 3.8) is 0 Å². The van der Waals surface area contributed by atoms with E-state index in [0.717, 1.165) is 5.56 Å². The van der Waals surface area contributed by atoms with Crippen LogP contribution in [0, 0.1) is 6.92 Å². The highest BCUT2D eigenvalue weighted by molar-refractivity contribution is 7.89. The summed E-state index contributed by atoms with van der Waals surface area (Å²) in [7, 11) is -0.542. The van der Waals surface area contributed by atoms with Gasteiger partial charge in [0.1, 0.15) is 15.8 Å². The third-order valence-corrected chi connectivity index (χ3v) is 5.09. The molecule has 8 heteroatoms. The predicted octanol–water partition coefficient (Wildman–Crippen LogP) is 1.87. The maximum absolute atomic E-state index is 12.3. The predicted molar refractivity (Wildman–Crippen MR) is 80.0 cm³/mol. The van der Waals surface area contributed by atoms with Gasteiger partial charge in [-0.05, 0) is 24.6 Å². The third-order valence-electron chi connectivity index (χ3n) is 2.99. The molecule has 0 amide bonds. The van der Waals surface area contributed by atoms with E-state index in [1.54, 1.807) is 45.3 Å². The molecule has 0 bridgehead atoms. The molecule has 0 saturated carbocycles. The van der Waals surface area contributed by atoms with Crippen LogP contribution in [0.1, 0.15) is 11.3 Å². The molecule has 6 nitrogen and oxygen atoms in total. The molecule has 0 unspecified atom stereocenters. The van der Waals surface area contributed by atoms with Gasteiger partial charge in [0, 0.05) is 13.6 Å². The van der Waals surface area contributed by atoms with Crippen molar-refractivity contribution in [2.75, 3.05) is 7.11 Å². The zero-order chi connectivity index (χ0) is 15.6. The van der Waals surface area contributed by atoms with Crippen molar-refractivity contribution in [3.8, 4) is 5.75 Å².